The van der Waals surface area contributed by atoms with Crippen LogP contribution in [0, 0.1) is 3.57 Å². The van der Waals surface area contributed by atoms with Gasteiger partial charge in [-0.15, -0.1) is 0 Å². The fraction of sp³-hybridized carbons (Fsp3) is 0.143. The molecule has 3 heteroatoms. The predicted octanol–water partition coefficient (Wildman–Crippen LogP) is 0.862. The van der Waals surface area contributed by atoms with Gasteiger partial charge in [0.15, 0.2) is 0 Å². The van der Waals surface area contributed by atoms with Crippen LogP contribution in [0.15, 0.2) is 18.2 Å². The van der Waals surface area contributed by atoms with Gasteiger partial charge in [0.1, 0.15) is 5.75 Å². The Bertz CT molecular complexity index is 217. The molecule has 0 bridgehead atoms. The third-order valence-corrected chi connectivity index (χ3v) is 3.17. The molecule has 1 aromatic carbocycles. The molecule has 0 atom stereocenters. The number of phenolic OH excluding ortho intramolecular Hbond substituents is 1. The van der Waals surface area contributed by atoms with Crippen molar-refractivity contribution in [2.24, 2.45) is 0 Å². The highest BCUT2D eigenvalue weighted by atomic mass is 127. The molecule has 1 nitrogen and oxygen atoms in total. The van der Waals surface area contributed by atoms with Crippen molar-refractivity contribution in [1.29, 1.82) is 0 Å². The van der Waals surface area contributed by atoms with E-state index in [2.05, 4.69) is 22.6 Å². The summed E-state index contributed by atoms with van der Waals surface area (Å²) in [7, 11) is 1.11. The molecule has 0 radical (unpaired) electrons. The van der Waals surface area contributed by atoms with Crippen LogP contribution in [0.4, 0.5) is 0 Å². The molecule has 0 unspecified atom stereocenters. The van der Waals surface area contributed by atoms with Crippen LogP contribution in [0.3, 0.4) is 0 Å². The molecular formula is C7H9IOSi. The van der Waals surface area contributed by atoms with E-state index in [1.165, 1.54) is 3.57 Å². The first-order valence-electron chi connectivity index (χ1n) is 3.22. The van der Waals surface area contributed by atoms with Crippen molar-refractivity contribution in [3.8, 4) is 5.75 Å². The molecule has 0 aliphatic heterocycles. The summed E-state index contributed by atoms with van der Waals surface area (Å²) in [5.74, 6) is 0.446. The average Bonchev–Trinajstić information content (AvgIpc) is 1.88. The minimum absolute atomic E-state index is 0.446. The third kappa shape index (κ3) is 1.52. The molecule has 1 N–H and O–H groups in total. The third-order valence-electron chi connectivity index (χ3n) is 1.45. The van der Waals surface area contributed by atoms with Gasteiger partial charge in [-0.25, -0.2) is 0 Å². The van der Waals surface area contributed by atoms with Crippen LogP contribution < -0.4 is 0 Å². The Morgan fingerprint density at radius 2 is 2.20 bits per heavy atom. The molecule has 0 aliphatic carbocycles. The summed E-state index contributed by atoms with van der Waals surface area (Å²) in [6, 6.07) is 6.67. The van der Waals surface area contributed by atoms with Crippen LogP contribution >= 0.6 is 22.6 Å². The molecule has 0 saturated carbocycles. The molecule has 1 rings (SSSR count). The largest absolute Gasteiger partial charge is 0.508 e. The molecule has 0 saturated heterocycles. The minimum atomic E-state index is 0.446. The van der Waals surface area contributed by atoms with E-state index in [1.807, 2.05) is 12.1 Å². The molecule has 0 aliphatic rings. The highest BCUT2D eigenvalue weighted by molar-refractivity contribution is 14.1. The SMILES string of the molecule is Oc1cccc(I)c1C[SiH3]. The van der Waals surface area contributed by atoms with E-state index in [4.69, 9.17) is 0 Å². The van der Waals surface area contributed by atoms with Gasteiger partial charge in [0.05, 0.1) is 0 Å². The van der Waals surface area contributed by atoms with E-state index in [-0.39, 0.29) is 0 Å². The molecule has 0 fully saturated rings. The molecule has 1 aromatic rings. The fourth-order valence-corrected chi connectivity index (χ4v) is 3.23. The first-order valence-corrected chi connectivity index (χ1v) is 5.71. The lowest BCUT2D eigenvalue weighted by atomic mass is 10.2. The molecule has 54 valence electrons. The van der Waals surface area contributed by atoms with Gasteiger partial charge in [-0.05, 0) is 40.8 Å². The van der Waals surface area contributed by atoms with Gasteiger partial charge in [-0.1, -0.05) is 6.07 Å². The fourth-order valence-electron chi connectivity index (χ4n) is 0.897. The molecule has 10 heavy (non-hydrogen) atoms. The summed E-state index contributed by atoms with van der Waals surface area (Å²) >= 11 is 2.25. The Kier molecular flexibility index (Phi) is 2.73. The van der Waals surface area contributed by atoms with E-state index >= 15 is 0 Å². The maximum absolute atomic E-state index is 9.31. The van der Waals surface area contributed by atoms with Crippen LogP contribution in [-0.4, -0.2) is 15.3 Å². The van der Waals surface area contributed by atoms with Crippen molar-refractivity contribution in [2.45, 2.75) is 6.04 Å². The smallest absolute Gasteiger partial charge is 0.119 e. The van der Waals surface area contributed by atoms with Crippen molar-refractivity contribution in [3.05, 3.63) is 27.3 Å². The predicted molar refractivity (Wildman–Crippen MR) is 54.5 cm³/mol. The maximum Gasteiger partial charge on any atom is 0.119 e. The first kappa shape index (κ1) is 8.07. The number of rotatable bonds is 1. The monoisotopic (exact) mass is 264 g/mol. The van der Waals surface area contributed by atoms with E-state index < -0.39 is 0 Å². The van der Waals surface area contributed by atoms with E-state index in [0.29, 0.717) is 5.75 Å². The van der Waals surface area contributed by atoms with Crippen LogP contribution in [-0.2, 0) is 6.04 Å². The van der Waals surface area contributed by atoms with Crippen molar-refractivity contribution in [1.82, 2.24) is 0 Å². The lowest BCUT2D eigenvalue weighted by Crippen LogP contribution is -1.88. The minimum Gasteiger partial charge on any atom is -0.508 e. The summed E-state index contributed by atoms with van der Waals surface area (Å²) in [6.45, 7) is 0. The Hall–Kier alpha value is -0.0331. The van der Waals surface area contributed by atoms with Gasteiger partial charge >= 0.3 is 0 Å². The molecular weight excluding hydrogens is 255 g/mol. The van der Waals surface area contributed by atoms with Crippen molar-refractivity contribution < 1.29 is 5.11 Å². The Morgan fingerprint density at radius 1 is 1.50 bits per heavy atom. The van der Waals surface area contributed by atoms with Gasteiger partial charge in [0.25, 0.3) is 0 Å². The molecule has 0 spiro atoms. The quantitative estimate of drug-likeness (QED) is 0.589. The highest BCUT2D eigenvalue weighted by Crippen LogP contribution is 2.21. The Labute approximate surface area is 77.0 Å². The topological polar surface area (TPSA) is 20.2 Å². The number of hydrogen-bond donors (Lipinski definition) is 1. The van der Waals surface area contributed by atoms with Crippen LogP contribution in [0.5, 0.6) is 5.75 Å². The summed E-state index contributed by atoms with van der Waals surface area (Å²) < 4.78 is 1.17. The van der Waals surface area contributed by atoms with Gasteiger partial charge < -0.3 is 5.11 Å². The number of hydrogen-bond acceptors (Lipinski definition) is 1. The lowest BCUT2D eigenvalue weighted by Gasteiger charge is -2.02. The Balaban J connectivity index is 3.17. The normalized spacial score (nSPS) is 10.1. The number of benzene rings is 1. The van der Waals surface area contributed by atoms with Crippen LogP contribution in [0.1, 0.15) is 5.56 Å². The zero-order valence-electron chi connectivity index (χ0n) is 5.76. The summed E-state index contributed by atoms with van der Waals surface area (Å²) in [5.41, 5.74) is 1.11. The van der Waals surface area contributed by atoms with Gasteiger partial charge in [-0.2, -0.15) is 0 Å². The Morgan fingerprint density at radius 3 is 2.60 bits per heavy atom. The standard InChI is InChI=1S/C7H9IOSi/c8-6-2-1-3-7(9)5(6)4-10/h1-3,9H,4H2,10H3. The van der Waals surface area contributed by atoms with E-state index in [0.717, 1.165) is 21.9 Å². The molecule has 0 amide bonds. The first-order chi connectivity index (χ1) is 4.75. The second-order valence-electron chi connectivity index (χ2n) is 2.09. The van der Waals surface area contributed by atoms with Crippen LogP contribution in [0.25, 0.3) is 0 Å². The lowest BCUT2D eigenvalue weighted by molar-refractivity contribution is 0.470. The van der Waals surface area contributed by atoms with Gasteiger partial charge in [0, 0.05) is 19.4 Å². The van der Waals surface area contributed by atoms with Crippen LogP contribution in [0.2, 0.25) is 0 Å². The van der Waals surface area contributed by atoms with E-state index in [1.54, 1.807) is 6.07 Å². The maximum atomic E-state index is 9.31. The number of aromatic hydroxyl groups is 1. The summed E-state index contributed by atoms with van der Waals surface area (Å²) in [4.78, 5) is 0. The summed E-state index contributed by atoms with van der Waals surface area (Å²) in [5, 5.41) is 9.31. The van der Waals surface area contributed by atoms with Gasteiger partial charge in [-0.3, -0.25) is 0 Å². The van der Waals surface area contributed by atoms with Crippen molar-refractivity contribution in [2.75, 3.05) is 0 Å². The second kappa shape index (κ2) is 3.38. The number of halogens is 1. The average molecular weight is 264 g/mol. The molecule has 0 heterocycles. The summed E-state index contributed by atoms with van der Waals surface area (Å²) in [6.07, 6.45) is 0. The zero-order valence-corrected chi connectivity index (χ0v) is 9.92. The highest BCUT2D eigenvalue weighted by Gasteiger charge is 2.00. The van der Waals surface area contributed by atoms with Crippen molar-refractivity contribution >= 4 is 32.8 Å². The van der Waals surface area contributed by atoms with Gasteiger partial charge in [0.2, 0.25) is 0 Å². The second-order valence-corrected chi connectivity index (χ2v) is 3.96. The molecule has 0 aromatic heterocycles. The van der Waals surface area contributed by atoms with Crippen molar-refractivity contribution in [3.63, 3.8) is 0 Å². The van der Waals surface area contributed by atoms with E-state index in [9.17, 15) is 5.11 Å². The zero-order chi connectivity index (χ0) is 7.56. The number of phenols is 1.